The predicted octanol–water partition coefficient (Wildman–Crippen LogP) is 3.19. The van der Waals surface area contributed by atoms with Gasteiger partial charge in [0.15, 0.2) is 0 Å². The molecule has 1 N–H and O–H groups in total. The molecule has 1 saturated carbocycles. The monoisotopic (exact) mass is 375 g/mol. The van der Waals surface area contributed by atoms with Gasteiger partial charge in [0.25, 0.3) is 0 Å². The zero-order valence-corrected chi connectivity index (χ0v) is 17.3. The number of ether oxygens (including phenoxy) is 1. The number of aliphatic hydroxyl groups excluding tert-OH is 1. The molecule has 0 radical (unpaired) electrons. The maximum atomic E-state index is 10.4. The lowest BCUT2D eigenvalue weighted by Gasteiger charge is -2.38. The van der Waals surface area contributed by atoms with E-state index in [-0.39, 0.29) is 0 Å². The van der Waals surface area contributed by atoms with Crippen LogP contribution in [0.1, 0.15) is 46.5 Å². The number of hydrogen-bond donors (Lipinski definition) is 1. The average Bonchev–Trinajstić information content (AvgIpc) is 2.67. The van der Waals surface area contributed by atoms with Gasteiger partial charge in [0, 0.05) is 38.9 Å². The van der Waals surface area contributed by atoms with E-state index in [1.807, 2.05) is 18.3 Å². The number of β-amino-alcohol motifs (C(OH)–C–C–N with tert-alkyl or cyclic N) is 1. The summed E-state index contributed by atoms with van der Waals surface area (Å²) in [5.41, 5.74) is 0.405. The number of hydrogen-bond acceptors (Lipinski definition) is 5. The maximum Gasteiger partial charge on any atom is 0.128 e. The molecule has 1 aliphatic carbocycles. The SMILES string of the molecule is CC(C)(C)C1CCC(OC[C@H](O)CN2CCN(c3ccccn3)CC2)CC1. The minimum atomic E-state index is -0.397. The summed E-state index contributed by atoms with van der Waals surface area (Å²) in [6, 6.07) is 6.04. The van der Waals surface area contributed by atoms with Gasteiger partial charge in [-0.2, -0.15) is 0 Å². The Morgan fingerprint density at radius 3 is 2.41 bits per heavy atom. The van der Waals surface area contributed by atoms with Gasteiger partial charge in [-0.15, -0.1) is 0 Å². The van der Waals surface area contributed by atoms with Crippen LogP contribution in [-0.2, 0) is 4.74 Å². The molecule has 2 fully saturated rings. The van der Waals surface area contributed by atoms with E-state index < -0.39 is 6.10 Å². The van der Waals surface area contributed by atoms with Crippen LogP contribution in [0, 0.1) is 11.3 Å². The Morgan fingerprint density at radius 2 is 1.81 bits per heavy atom. The Morgan fingerprint density at radius 1 is 1.11 bits per heavy atom. The van der Waals surface area contributed by atoms with Crippen molar-refractivity contribution >= 4 is 5.82 Å². The van der Waals surface area contributed by atoms with Gasteiger partial charge in [0.1, 0.15) is 5.82 Å². The Balaban J connectivity index is 1.32. The van der Waals surface area contributed by atoms with E-state index in [0.717, 1.165) is 50.8 Å². The highest BCUT2D eigenvalue weighted by molar-refractivity contribution is 5.38. The number of anilines is 1. The second kappa shape index (κ2) is 9.35. The zero-order chi connectivity index (χ0) is 19.3. The van der Waals surface area contributed by atoms with Crippen molar-refractivity contribution in [3.05, 3.63) is 24.4 Å². The van der Waals surface area contributed by atoms with Crippen LogP contribution in [-0.4, -0.2) is 66.5 Å². The summed E-state index contributed by atoms with van der Waals surface area (Å²) in [7, 11) is 0. The molecule has 5 nitrogen and oxygen atoms in total. The van der Waals surface area contributed by atoms with Crippen LogP contribution in [0.2, 0.25) is 0 Å². The summed E-state index contributed by atoms with van der Waals surface area (Å²) >= 11 is 0. The smallest absolute Gasteiger partial charge is 0.128 e. The number of piperazine rings is 1. The average molecular weight is 376 g/mol. The molecular weight excluding hydrogens is 338 g/mol. The molecule has 3 rings (SSSR count). The lowest BCUT2D eigenvalue weighted by molar-refractivity contribution is -0.0446. The molecule has 5 heteroatoms. The van der Waals surface area contributed by atoms with Crippen LogP contribution in [0.25, 0.3) is 0 Å². The Labute approximate surface area is 164 Å². The summed E-state index contributed by atoms with van der Waals surface area (Å²) in [5.74, 6) is 1.85. The van der Waals surface area contributed by atoms with Gasteiger partial charge in [-0.25, -0.2) is 4.98 Å². The molecule has 0 aromatic carbocycles. The van der Waals surface area contributed by atoms with Crippen LogP contribution in [0.3, 0.4) is 0 Å². The van der Waals surface area contributed by atoms with Crippen molar-refractivity contribution < 1.29 is 9.84 Å². The van der Waals surface area contributed by atoms with Gasteiger partial charge < -0.3 is 14.7 Å². The molecule has 0 bridgehead atoms. The van der Waals surface area contributed by atoms with E-state index in [2.05, 4.69) is 41.6 Å². The lowest BCUT2D eigenvalue weighted by Crippen LogP contribution is -2.49. The molecule has 1 aromatic heterocycles. The molecular formula is C22H37N3O2. The van der Waals surface area contributed by atoms with Gasteiger partial charge >= 0.3 is 0 Å². The van der Waals surface area contributed by atoms with E-state index in [0.29, 0.717) is 24.7 Å². The predicted molar refractivity (Wildman–Crippen MR) is 110 cm³/mol. The first-order valence-electron chi connectivity index (χ1n) is 10.6. The summed E-state index contributed by atoms with van der Waals surface area (Å²) in [4.78, 5) is 9.08. The van der Waals surface area contributed by atoms with Gasteiger partial charge in [-0.3, -0.25) is 4.90 Å². The van der Waals surface area contributed by atoms with E-state index in [1.54, 1.807) is 0 Å². The molecule has 0 unspecified atom stereocenters. The zero-order valence-electron chi connectivity index (χ0n) is 17.3. The summed E-state index contributed by atoms with van der Waals surface area (Å²) < 4.78 is 6.04. The van der Waals surface area contributed by atoms with Crippen molar-refractivity contribution in [2.24, 2.45) is 11.3 Å². The largest absolute Gasteiger partial charge is 0.389 e. The third kappa shape index (κ3) is 6.16. The van der Waals surface area contributed by atoms with Gasteiger partial charge in [0.05, 0.1) is 18.8 Å². The first-order valence-corrected chi connectivity index (χ1v) is 10.6. The lowest BCUT2D eigenvalue weighted by atomic mass is 9.72. The normalized spacial score (nSPS) is 26.1. The first-order chi connectivity index (χ1) is 12.9. The third-order valence-corrected chi connectivity index (χ3v) is 6.24. The Hall–Kier alpha value is -1.17. The quantitative estimate of drug-likeness (QED) is 0.827. The van der Waals surface area contributed by atoms with Gasteiger partial charge in [-0.05, 0) is 49.1 Å². The highest BCUT2D eigenvalue weighted by Crippen LogP contribution is 2.38. The topological polar surface area (TPSA) is 48.8 Å². The number of pyridine rings is 1. The minimum Gasteiger partial charge on any atom is -0.389 e. The fourth-order valence-corrected chi connectivity index (χ4v) is 4.39. The van der Waals surface area contributed by atoms with Crippen LogP contribution >= 0.6 is 0 Å². The van der Waals surface area contributed by atoms with E-state index in [9.17, 15) is 5.11 Å². The van der Waals surface area contributed by atoms with Crippen molar-refractivity contribution in [3.63, 3.8) is 0 Å². The fourth-order valence-electron chi connectivity index (χ4n) is 4.39. The second-order valence-corrected chi connectivity index (χ2v) is 9.30. The molecule has 1 atom stereocenters. The molecule has 1 aromatic rings. The highest BCUT2D eigenvalue weighted by atomic mass is 16.5. The van der Waals surface area contributed by atoms with Crippen LogP contribution in [0.5, 0.6) is 0 Å². The van der Waals surface area contributed by atoms with Crippen molar-refractivity contribution in [3.8, 4) is 0 Å². The molecule has 0 amide bonds. The van der Waals surface area contributed by atoms with Gasteiger partial charge in [0.2, 0.25) is 0 Å². The number of aliphatic hydroxyl groups is 1. The number of nitrogens with zero attached hydrogens (tertiary/aromatic N) is 3. The molecule has 27 heavy (non-hydrogen) atoms. The summed E-state index contributed by atoms with van der Waals surface area (Å²) in [5, 5.41) is 10.4. The highest BCUT2D eigenvalue weighted by Gasteiger charge is 2.30. The number of rotatable bonds is 6. The van der Waals surface area contributed by atoms with Crippen LogP contribution in [0.15, 0.2) is 24.4 Å². The van der Waals surface area contributed by atoms with E-state index >= 15 is 0 Å². The maximum absolute atomic E-state index is 10.4. The first kappa shape index (κ1) is 20.6. The van der Waals surface area contributed by atoms with Crippen molar-refractivity contribution in [2.45, 2.75) is 58.7 Å². The molecule has 1 aliphatic heterocycles. The van der Waals surface area contributed by atoms with Gasteiger partial charge in [-0.1, -0.05) is 26.8 Å². The van der Waals surface area contributed by atoms with Crippen LogP contribution in [0.4, 0.5) is 5.82 Å². The van der Waals surface area contributed by atoms with Crippen molar-refractivity contribution in [1.29, 1.82) is 0 Å². The van der Waals surface area contributed by atoms with Crippen LogP contribution < -0.4 is 4.90 Å². The summed E-state index contributed by atoms with van der Waals surface area (Å²) in [6.07, 6.45) is 6.55. The molecule has 0 spiro atoms. The molecule has 152 valence electrons. The fraction of sp³-hybridized carbons (Fsp3) is 0.773. The van der Waals surface area contributed by atoms with E-state index in [1.165, 1.54) is 12.8 Å². The Kier molecular flexibility index (Phi) is 7.12. The van der Waals surface area contributed by atoms with Crippen molar-refractivity contribution in [2.75, 3.05) is 44.2 Å². The second-order valence-electron chi connectivity index (χ2n) is 9.30. The third-order valence-electron chi connectivity index (χ3n) is 6.24. The molecule has 2 aliphatic rings. The Bertz CT molecular complexity index is 544. The number of aromatic nitrogens is 1. The van der Waals surface area contributed by atoms with Crippen molar-refractivity contribution in [1.82, 2.24) is 9.88 Å². The minimum absolute atomic E-state index is 0.333. The summed E-state index contributed by atoms with van der Waals surface area (Å²) in [6.45, 7) is 12.0. The standard InChI is InChI=1S/C22H37N3O2/c1-22(2,3)18-7-9-20(10-8-18)27-17-19(26)16-24-12-14-25(15-13-24)21-6-4-5-11-23-21/h4-6,11,18-20,26H,7-10,12-17H2,1-3H3/t18?,19-,20?/m1/s1. The van der Waals surface area contributed by atoms with E-state index in [4.69, 9.17) is 4.74 Å². The molecule has 2 heterocycles. The molecule has 1 saturated heterocycles.